The molecule has 0 aromatic heterocycles. The second-order valence-electron chi connectivity index (χ2n) is 3.21. The van der Waals surface area contributed by atoms with Crippen molar-refractivity contribution in [3.8, 4) is 0 Å². The first-order valence-electron chi connectivity index (χ1n) is 4.15. The van der Waals surface area contributed by atoms with Crippen molar-refractivity contribution in [2.75, 3.05) is 26.2 Å². The summed E-state index contributed by atoms with van der Waals surface area (Å²) in [5.41, 5.74) is 3.71. The molecular formula is C7H16F2N2+2. The summed E-state index contributed by atoms with van der Waals surface area (Å²) in [5, 5.41) is 0. The maximum atomic E-state index is 12.6. The van der Waals surface area contributed by atoms with E-state index >= 15 is 0 Å². The summed E-state index contributed by atoms with van der Waals surface area (Å²) in [7, 11) is 0. The van der Waals surface area contributed by atoms with E-state index < -0.39 is 5.92 Å². The molecule has 0 aromatic rings. The molecule has 1 aliphatic heterocycles. The van der Waals surface area contributed by atoms with E-state index in [4.69, 9.17) is 0 Å². The molecule has 1 saturated heterocycles. The van der Waals surface area contributed by atoms with Crippen molar-refractivity contribution >= 4 is 0 Å². The minimum Gasteiger partial charge on any atom is -0.353 e. The molecule has 0 aliphatic carbocycles. The first-order valence-corrected chi connectivity index (χ1v) is 4.15. The summed E-state index contributed by atoms with van der Waals surface area (Å²) in [4.78, 5) is 1.28. The van der Waals surface area contributed by atoms with Crippen molar-refractivity contribution in [3.05, 3.63) is 0 Å². The van der Waals surface area contributed by atoms with Gasteiger partial charge in [0.05, 0.1) is 25.9 Å². The quantitative estimate of drug-likeness (QED) is 0.503. The molecule has 2 nitrogen and oxygen atoms in total. The van der Waals surface area contributed by atoms with E-state index in [1.54, 1.807) is 0 Å². The number of piperidine rings is 1. The zero-order valence-corrected chi connectivity index (χ0v) is 6.71. The molecule has 1 rings (SSSR count). The molecule has 0 saturated carbocycles. The Morgan fingerprint density at radius 1 is 1.27 bits per heavy atom. The van der Waals surface area contributed by atoms with Crippen molar-refractivity contribution in [1.29, 1.82) is 0 Å². The van der Waals surface area contributed by atoms with Gasteiger partial charge in [-0.1, -0.05) is 0 Å². The number of likely N-dealkylation sites (tertiary alicyclic amines) is 1. The molecule has 4 N–H and O–H groups in total. The SMILES string of the molecule is [NH3+]CC[NH+]1CCC(F)(F)CC1. The van der Waals surface area contributed by atoms with Gasteiger partial charge in [0.1, 0.15) is 13.1 Å². The molecule has 0 amide bonds. The minimum atomic E-state index is -2.38. The predicted molar refractivity (Wildman–Crippen MR) is 37.5 cm³/mol. The van der Waals surface area contributed by atoms with Gasteiger partial charge in [-0.05, 0) is 0 Å². The van der Waals surface area contributed by atoms with Crippen molar-refractivity contribution in [2.24, 2.45) is 0 Å². The zero-order valence-electron chi connectivity index (χ0n) is 6.71. The van der Waals surface area contributed by atoms with E-state index in [1.165, 1.54) is 4.90 Å². The molecule has 11 heavy (non-hydrogen) atoms. The Hall–Kier alpha value is -0.220. The molecule has 4 heteroatoms. The molecule has 1 heterocycles. The lowest BCUT2D eigenvalue weighted by Crippen LogP contribution is -3.14. The highest BCUT2D eigenvalue weighted by molar-refractivity contribution is 4.67. The van der Waals surface area contributed by atoms with E-state index in [2.05, 4.69) is 5.73 Å². The standard InChI is InChI=1S/C7H14F2N2/c8-7(9)1-4-11(5-2-7)6-3-10/h1-6,10H2/p+2. The summed E-state index contributed by atoms with van der Waals surface area (Å²) < 4.78 is 25.2. The Morgan fingerprint density at radius 2 is 1.82 bits per heavy atom. The first kappa shape index (κ1) is 8.87. The number of alkyl halides is 2. The van der Waals surface area contributed by atoms with Crippen LogP contribution >= 0.6 is 0 Å². The van der Waals surface area contributed by atoms with Crippen molar-refractivity contribution in [3.63, 3.8) is 0 Å². The van der Waals surface area contributed by atoms with Gasteiger partial charge in [0.2, 0.25) is 0 Å². The third-order valence-corrected chi connectivity index (χ3v) is 2.22. The summed E-state index contributed by atoms with van der Waals surface area (Å²) in [6.45, 7) is 3.02. The number of quaternary nitrogens is 2. The summed E-state index contributed by atoms with van der Waals surface area (Å²) >= 11 is 0. The Labute approximate surface area is 65.4 Å². The fourth-order valence-electron chi connectivity index (χ4n) is 1.47. The average molecular weight is 166 g/mol. The van der Waals surface area contributed by atoms with Crippen molar-refractivity contribution < 1.29 is 19.4 Å². The highest BCUT2D eigenvalue weighted by atomic mass is 19.3. The zero-order chi connectivity index (χ0) is 8.32. The second kappa shape index (κ2) is 3.45. The van der Waals surface area contributed by atoms with Crippen LogP contribution < -0.4 is 10.6 Å². The second-order valence-corrected chi connectivity index (χ2v) is 3.21. The van der Waals surface area contributed by atoms with Gasteiger partial charge in [-0.3, -0.25) is 0 Å². The van der Waals surface area contributed by atoms with Crippen LogP contribution in [0.1, 0.15) is 12.8 Å². The van der Waals surface area contributed by atoms with E-state index in [1.807, 2.05) is 0 Å². The molecule has 1 fully saturated rings. The lowest BCUT2D eigenvalue weighted by Gasteiger charge is -2.27. The Bertz CT molecular complexity index is 118. The highest BCUT2D eigenvalue weighted by Crippen LogP contribution is 2.22. The maximum Gasteiger partial charge on any atom is 0.258 e. The van der Waals surface area contributed by atoms with Crippen LogP contribution in [0.5, 0.6) is 0 Å². The van der Waals surface area contributed by atoms with Crippen molar-refractivity contribution in [1.82, 2.24) is 0 Å². The van der Waals surface area contributed by atoms with Gasteiger partial charge in [-0.25, -0.2) is 8.78 Å². The van der Waals surface area contributed by atoms with Crippen LogP contribution in [-0.4, -0.2) is 32.1 Å². The molecule has 0 bridgehead atoms. The third kappa shape index (κ3) is 2.71. The summed E-state index contributed by atoms with van der Waals surface area (Å²) in [6, 6.07) is 0. The third-order valence-electron chi connectivity index (χ3n) is 2.22. The van der Waals surface area contributed by atoms with Crippen LogP contribution in [-0.2, 0) is 0 Å². The van der Waals surface area contributed by atoms with E-state index in [0.29, 0.717) is 13.1 Å². The molecule has 0 atom stereocenters. The highest BCUT2D eigenvalue weighted by Gasteiger charge is 2.36. The van der Waals surface area contributed by atoms with E-state index in [0.717, 1.165) is 13.1 Å². The molecule has 0 radical (unpaired) electrons. The monoisotopic (exact) mass is 166 g/mol. The van der Waals surface area contributed by atoms with Gasteiger partial charge in [0.15, 0.2) is 0 Å². The van der Waals surface area contributed by atoms with Crippen LogP contribution in [0.15, 0.2) is 0 Å². The van der Waals surface area contributed by atoms with Gasteiger partial charge in [-0.2, -0.15) is 0 Å². The number of hydrogen-bond donors (Lipinski definition) is 2. The van der Waals surface area contributed by atoms with Gasteiger partial charge in [-0.15, -0.1) is 0 Å². The molecule has 66 valence electrons. The van der Waals surface area contributed by atoms with Crippen LogP contribution in [0.4, 0.5) is 8.78 Å². The Morgan fingerprint density at radius 3 is 2.27 bits per heavy atom. The summed E-state index contributed by atoms with van der Waals surface area (Å²) in [6.07, 6.45) is 0.116. The molecule has 0 spiro atoms. The normalized spacial score (nSPS) is 25.4. The number of hydrogen-bond acceptors (Lipinski definition) is 0. The predicted octanol–water partition coefficient (Wildman–Crippen LogP) is -1.46. The molecule has 0 aromatic carbocycles. The number of nitrogens with one attached hydrogen (secondary N) is 1. The van der Waals surface area contributed by atoms with E-state index in [-0.39, 0.29) is 12.8 Å². The van der Waals surface area contributed by atoms with Crippen LogP contribution in [0.2, 0.25) is 0 Å². The fraction of sp³-hybridized carbons (Fsp3) is 1.00. The Kier molecular flexibility index (Phi) is 2.78. The van der Waals surface area contributed by atoms with Crippen LogP contribution in [0.25, 0.3) is 0 Å². The lowest BCUT2D eigenvalue weighted by molar-refractivity contribution is -0.912. The van der Waals surface area contributed by atoms with Gasteiger partial charge in [0, 0.05) is 0 Å². The molecule has 1 aliphatic rings. The minimum absolute atomic E-state index is 0.0579. The van der Waals surface area contributed by atoms with Crippen LogP contribution in [0, 0.1) is 0 Å². The van der Waals surface area contributed by atoms with Gasteiger partial charge >= 0.3 is 0 Å². The van der Waals surface area contributed by atoms with Crippen molar-refractivity contribution in [2.45, 2.75) is 18.8 Å². The van der Waals surface area contributed by atoms with Gasteiger partial charge < -0.3 is 10.6 Å². The largest absolute Gasteiger partial charge is 0.353 e. The number of rotatable bonds is 2. The van der Waals surface area contributed by atoms with Gasteiger partial charge in [0.25, 0.3) is 5.92 Å². The topological polar surface area (TPSA) is 32.1 Å². The smallest absolute Gasteiger partial charge is 0.258 e. The Balaban J connectivity index is 2.25. The number of halogens is 2. The van der Waals surface area contributed by atoms with E-state index in [9.17, 15) is 8.78 Å². The fourth-order valence-corrected chi connectivity index (χ4v) is 1.47. The lowest BCUT2D eigenvalue weighted by atomic mass is 10.1. The summed E-state index contributed by atoms with van der Waals surface area (Å²) in [5.74, 6) is -2.38. The maximum absolute atomic E-state index is 12.6. The first-order chi connectivity index (χ1) is 5.14. The van der Waals surface area contributed by atoms with Crippen LogP contribution in [0.3, 0.4) is 0 Å². The molecule has 0 unspecified atom stereocenters. The average Bonchev–Trinajstić information content (AvgIpc) is 1.94. The molecular weight excluding hydrogens is 150 g/mol.